The number of allylic oxidation sites excluding steroid dienone is 2. The third-order valence-corrected chi connectivity index (χ3v) is 22.1. The Morgan fingerprint density at radius 3 is 1.96 bits per heavy atom. The summed E-state index contributed by atoms with van der Waals surface area (Å²) in [5, 5.41) is 135. The number of benzene rings is 1. The van der Waals surface area contributed by atoms with Gasteiger partial charge in [0.15, 0.2) is 31.1 Å². The van der Waals surface area contributed by atoms with E-state index in [0.717, 1.165) is 5.57 Å². The first-order valence-corrected chi connectivity index (χ1v) is 29.7. The number of carbonyl (C=O) groups excluding carboxylic acids is 2. The van der Waals surface area contributed by atoms with Crippen molar-refractivity contribution in [3.8, 4) is 0 Å². The third kappa shape index (κ3) is 10.6. The molecule has 0 amide bonds. The molecule has 0 bridgehead atoms. The molecule has 84 heavy (non-hydrogen) atoms. The Morgan fingerprint density at radius 2 is 1.33 bits per heavy atom. The largest absolute Gasteiger partial charge is 0.479 e. The van der Waals surface area contributed by atoms with Gasteiger partial charge in [0.05, 0.1) is 61.3 Å². The van der Waals surface area contributed by atoms with E-state index in [0.29, 0.717) is 37.7 Å². The SMILES string of the molecule is C/C=C(/C)C(=O)O[C@H]1[C@H](OC(=O)c2ccccc2)[C@@]2(CO)C(CC1(C)C)C1=CCC3[C@@]4(C)CC[C@H](O[C@@H]5OC(C(=O)O)[C@@H](O)C(O[C@@H]6O[C@@H](CO)C(O)C[C@@H]6O)CC5O[C@@H]5OC(CO)[C@H](O)C(O)C5O)C(C)(C)C4CC[C@@]3(C)[C@]1(C)[C@@H](O)[C@H]2O. The number of hydrogen-bond acceptors (Lipinski definition) is 22. The van der Waals surface area contributed by atoms with E-state index < -0.39 is 199 Å². The van der Waals surface area contributed by atoms with Crippen LogP contribution < -0.4 is 0 Å². The monoisotopic (exact) mass is 1190 g/mol. The number of esters is 2. The molecule has 23 nitrogen and oxygen atoms in total. The lowest BCUT2D eigenvalue weighted by Crippen LogP contribution is -2.76. The van der Waals surface area contributed by atoms with Gasteiger partial charge in [-0.25, -0.2) is 14.4 Å². The minimum Gasteiger partial charge on any atom is -0.479 e. The third-order valence-electron chi connectivity index (χ3n) is 22.1. The summed E-state index contributed by atoms with van der Waals surface area (Å²) in [6.07, 6.45) is -24.2. The van der Waals surface area contributed by atoms with Gasteiger partial charge in [-0.05, 0) is 98.5 Å². The minimum atomic E-state index is -2.08. The lowest BCUT2D eigenvalue weighted by Gasteiger charge is -2.73. The van der Waals surface area contributed by atoms with Gasteiger partial charge in [0.1, 0.15) is 54.9 Å². The van der Waals surface area contributed by atoms with Crippen molar-refractivity contribution in [1.29, 1.82) is 0 Å². The highest BCUT2D eigenvalue weighted by atomic mass is 16.8. The number of aliphatic carboxylic acids is 1. The number of fused-ring (bicyclic) bond motifs is 7. The quantitative estimate of drug-likeness (QED) is 0.0711. The van der Waals surface area contributed by atoms with E-state index in [4.69, 9.17) is 37.9 Å². The smallest absolute Gasteiger partial charge is 0.338 e. The fourth-order valence-corrected chi connectivity index (χ4v) is 17.0. The first kappa shape index (κ1) is 64.9. The van der Waals surface area contributed by atoms with Gasteiger partial charge in [-0.2, -0.15) is 0 Å². The normalized spacial score (nSPS) is 47.3. The number of aliphatic hydroxyl groups is 11. The zero-order chi connectivity index (χ0) is 61.6. The Bertz CT molecular complexity index is 2590. The Kier molecular flexibility index (Phi) is 18.6. The minimum absolute atomic E-state index is 0.138. The lowest BCUT2D eigenvalue weighted by molar-refractivity contribution is -0.344. The average Bonchev–Trinajstić information content (AvgIpc) is 0.873. The highest BCUT2D eigenvalue weighted by molar-refractivity contribution is 5.90. The molecule has 26 atom stereocenters. The fourth-order valence-electron chi connectivity index (χ4n) is 17.0. The molecule has 1 aromatic rings. The van der Waals surface area contributed by atoms with Crippen LogP contribution in [0.15, 0.2) is 53.6 Å². The molecule has 472 valence electrons. The molecule has 12 N–H and O–H groups in total. The summed E-state index contributed by atoms with van der Waals surface area (Å²) in [6, 6.07) is 8.26. The molecular formula is C61H90O23. The van der Waals surface area contributed by atoms with Crippen LogP contribution in [0, 0.1) is 50.2 Å². The summed E-state index contributed by atoms with van der Waals surface area (Å²) >= 11 is 0. The number of hydrogen-bond donors (Lipinski definition) is 12. The maximum absolute atomic E-state index is 14.2. The van der Waals surface area contributed by atoms with E-state index >= 15 is 0 Å². The van der Waals surface area contributed by atoms with Gasteiger partial charge in [-0.3, -0.25) is 0 Å². The highest BCUT2D eigenvalue weighted by Crippen LogP contribution is 2.76. The van der Waals surface area contributed by atoms with Crippen LogP contribution in [-0.4, -0.2) is 216 Å². The van der Waals surface area contributed by atoms with Crippen LogP contribution in [0.3, 0.4) is 0 Å². The number of carbonyl (C=O) groups is 3. The van der Waals surface area contributed by atoms with Gasteiger partial charge in [0, 0.05) is 29.2 Å². The van der Waals surface area contributed by atoms with E-state index in [2.05, 4.69) is 19.9 Å². The molecule has 3 saturated heterocycles. The maximum atomic E-state index is 14.2. The maximum Gasteiger partial charge on any atom is 0.338 e. The fraction of sp³-hybridized carbons (Fsp3) is 0.787. The number of carboxylic acids is 1. The van der Waals surface area contributed by atoms with Crippen molar-refractivity contribution >= 4 is 17.9 Å². The summed E-state index contributed by atoms with van der Waals surface area (Å²) < 4.78 is 49.7. The molecule has 3 aliphatic heterocycles. The molecule has 0 spiro atoms. The van der Waals surface area contributed by atoms with E-state index in [1.54, 1.807) is 50.3 Å². The Morgan fingerprint density at radius 1 is 0.679 bits per heavy atom. The van der Waals surface area contributed by atoms with Gasteiger partial charge in [0.25, 0.3) is 0 Å². The molecule has 10 unspecified atom stereocenters. The first-order chi connectivity index (χ1) is 39.4. The van der Waals surface area contributed by atoms with Crippen LogP contribution in [-0.2, 0) is 47.5 Å². The highest BCUT2D eigenvalue weighted by Gasteiger charge is 2.76. The molecule has 8 aliphatic rings. The second-order valence-corrected chi connectivity index (χ2v) is 27.2. The number of ether oxygens (including phenoxy) is 8. The number of aliphatic hydroxyl groups excluding tert-OH is 11. The molecule has 3 heterocycles. The second-order valence-electron chi connectivity index (χ2n) is 27.2. The molecule has 9 rings (SSSR count). The van der Waals surface area contributed by atoms with Crippen molar-refractivity contribution in [3.63, 3.8) is 0 Å². The summed E-state index contributed by atoms with van der Waals surface area (Å²) in [4.78, 5) is 41.0. The zero-order valence-corrected chi connectivity index (χ0v) is 49.4. The van der Waals surface area contributed by atoms with Crippen LogP contribution in [0.4, 0.5) is 0 Å². The van der Waals surface area contributed by atoms with E-state index in [-0.39, 0.29) is 30.2 Å². The molecule has 7 fully saturated rings. The van der Waals surface area contributed by atoms with Gasteiger partial charge in [-0.1, -0.05) is 84.4 Å². The molecule has 1 aromatic carbocycles. The van der Waals surface area contributed by atoms with Crippen molar-refractivity contribution in [3.05, 3.63) is 59.2 Å². The average molecular weight is 1190 g/mol. The van der Waals surface area contributed by atoms with E-state index in [1.807, 2.05) is 34.6 Å². The van der Waals surface area contributed by atoms with Crippen LogP contribution in [0.25, 0.3) is 0 Å². The van der Waals surface area contributed by atoms with Crippen molar-refractivity contribution in [2.24, 2.45) is 50.2 Å². The van der Waals surface area contributed by atoms with Crippen LogP contribution in [0.2, 0.25) is 0 Å². The van der Waals surface area contributed by atoms with Gasteiger partial charge in [-0.15, -0.1) is 0 Å². The van der Waals surface area contributed by atoms with Gasteiger partial charge < -0.3 is 99.2 Å². The summed E-state index contributed by atoms with van der Waals surface area (Å²) in [5.74, 6) is -4.02. The van der Waals surface area contributed by atoms with Gasteiger partial charge in [0.2, 0.25) is 0 Å². The molecular weight excluding hydrogens is 1100 g/mol. The van der Waals surface area contributed by atoms with E-state index in [1.165, 1.54) is 0 Å². The lowest BCUT2D eigenvalue weighted by atomic mass is 9.32. The van der Waals surface area contributed by atoms with Crippen molar-refractivity contribution < 1.29 is 114 Å². The van der Waals surface area contributed by atoms with Crippen LogP contribution in [0.5, 0.6) is 0 Å². The first-order valence-electron chi connectivity index (χ1n) is 29.7. The Labute approximate surface area is 489 Å². The molecule has 23 heteroatoms. The Balaban J connectivity index is 1.04. The Hall–Kier alpha value is -3.57. The predicted octanol–water partition coefficient (Wildman–Crippen LogP) is 1.39. The number of rotatable bonds is 14. The second kappa shape index (κ2) is 24.1. The molecule has 4 saturated carbocycles. The summed E-state index contributed by atoms with van der Waals surface area (Å²) in [5.41, 5.74) is -4.46. The molecule has 0 radical (unpaired) electrons. The topological polar surface area (TPSA) is 368 Å². The standard InChI is InChI=1S/C61H90O23/c1-10-28(2)51(75)83-48-49(84-52(76)29-14-12-11-13-15-29)61(27-64)31(24-56(48,3)4)30-16-17-39-58(7)20-19-40(57(5,6)38(58)18-21-59(39,8)60(30,9)46(71)47(61)72)81-54-35(78-55-44(70)43(69)41(67)37(26-63)80-55)23-34(42(68)45(82-54)50(73)74)77-53-33(66)22-32(65)36(25-62)79-53/h10-16,31-49,53-55,62-72H,17-27H2,1-9H3,(H,73,74)/b28-10-/t31?,32?,33-,34?,35?,36-,37?,38?,39?,40-,41-,42-,43?,44?,45?,46-,47+,48-,49-,53+,54+,55+,58-,59+,60-,61-/m0/s1. The van der Waals surface area contributed by atoms with Crippen LogP contribution in [0.1, 0.15) is 124 Å². The molecule has 5 aliphatic carbocycles. The zero-order valence-electron chi connectivity index (χ0n) is 49.4. The molecule has 0 aromatic heterocycles. The van der Waals surface area contributed by atoms with Crippen molar-refractivity contribution in [2.75, 3.05) is 19.8 Å². The van der Waals surface area contributed by atoms with E-state index in [9.17, 15) is 75.7 Å². The number of carboxylic acid groups (broad SMARTS) is 1. The van der Waals surface area contributed by atoms with Gasteiger partial charge >= 0.3 is 17.9 Å². The summed E-state index contributed by atoms with van der Waals surface area (Å²) in [6.45, 7) is 15.4. The van der Waals surface area contributed by atoms with Crippen molar-refractivity contribution in [1.82, 2.24) is 0 Å². The van der Waals surface area contributed by atoms with Crippen LogP contribution >= 0.6 is 0 Å². The van der Waals surface area contributed by atoms with Crippen molar-refractivity contribution in [2.45, 2.75) is 230 Å². The summed E-state index contributed by atoms with van der Waals surface area (Å²) in [7, 11) is 0. The predicted molar refractivity (Wildman–Crippen MR) is 292 cm³/mol.